The van der Waals surface area contributed by atoms with Crippen molar-refractivity contribution in [2.24, 2.45) is 0 Å². The van der Waals surface area contributed by atoms with Crippen molar-refractivity contribution in [2.45, 2.75) is 35.7 Å². The zero-order valence-corrected chi connectivity index (χ0v) is 20.1. The number of hydrogen-bond donors (Lipinski definition) is 0. The molecule has 1 heterocycles. The second kappa shape index (κ2) is 9.62. The highest BCUT2D eigenvalue weighted by Gasteiger charge is 2.30. The average Bonchev–Trinajstić information content (AvgIpc) is 3.25. The van der Waals surface area contributed by atoms with E-state index >= 15 is 0 Å². The number of benzene rings is 2. The van der Waals surface area contributed by atoms with Crippen molar-refractivity contribution in [3.05, 3.63) is 82.6 Å². The molecule has 0 amide bonds. The maximum absolute atomic E-state index is 13.6. The maximum atomic E-state index is 13.6. The van der Waals surface area contributed by atoms with Crippen LogP contribution in [0.2, 0.25) is 0 Å². The van der Waals surface area contributed by atoms with E-state index in [1.165, 1.54) is 42.7 Å². The summed E-state index contributed by atoms with van der Waals surface area (Å²) in [5.74, 6) is 0. The lowest BCUT2D eigenvalue weighted by Crippen LogP contribution is -2.39. The molecule has 0 spiro atoms. The van der Waals surface area contributed by atoms with Gasteiger partial charge in [0, 0.05) is 31.6 Å². The van der Waals surface area contributed by atoms with Crippen LogP contribution in [0.1, 0.15) is 17.4 Å². The van der Waals surface area contributed by atoms with Gasteiger partial charge in [-0.3, -0.25) is 0 Å². The monoisotopic (exact) mass is 478 g/mol. The molecule has 1 aromatic heterocycles. The van der Waals surface area contributed by atoms with Crippen LogP contribution >= 0.6 is 11.3 Å². The highest BCUT2D eigenvalue weighted by Crippen LogP contribution is 2.25. The molecule has 3 aromatic rings. The highest BCUT2D eigenvalue weighted by atomic mass is 32.2. The molecule has 1 atom stereocenters. The molecule has 0 radical (unpaired) electrons. The molecule has 1 unspecified atom stereocenters. The van der Waals surface area contributed by atoms with Gasteiger partial charge in [0.25, 0.3) is 0 Å². The molecule has 3 rings (SSSR count). The number of thiophene rings is 1. The van der Waals surface area contributed by atoms with Gasteiger partial charge in [-0.1, -0.05) is 36.4 Å². The van der Waals surface area contributed by atoms with Crippen LogP contribution in [0.4, 0.5) is 0 Å². The van der Waals surface area contributed by atoms with Crippen LogP contribution in [0, 0.1) is 0 Å². The fourth-order valence-corrected chi connectivity index (χ4v) is 6.54. The molecule has 6 nitrogen and oxygen atoms in total. The van der Waals surface area contributed by atoms with Crippen molar-refractivity contribution in [1.29, 1.82) is 0 Å². The topological polar surface area (TPSA) is 74.8 Å². The number of hydrogen-bond acceptors (Lipinski definition) is 5. The summed E-state index contributed by atoms with van der Waals surface area (Å²) in [4.78, 5) is 1.23. The van der Waals surface area contributed by atoms with Crippen LogP contribution in [0.15, 0.2) is 81.9 Å². The third-order valence-corrected chi connectivity index (χ3v) is 9.66. The minimum Gasteiger partial charge on any atom is -0.207 e. The molecule has 0 bridgehead atoms. The van der Waals surface area contributed by atoms with Gasteiger partial charge in [0.2, 0.25) is 20.0 Å². The molecule has 0 aliphatic carbocycles. The van der Waals surface area contributed by atoms with Gasteiger partial charge in [-0.2, -0.15) is 4.31 Å². The van der Waals surface area contributed by atoms with Crippen molar-refractivity contribution < 1.29 is 16.8 Å². The van der Waals surface area contributed by atoms with Crippen LogP contribution in [0.3, 0.4) is 0 Å². The van der Waals surface area contributed by atoms with Crippen molar-refractivity contribution >= 4 is 31.4 Å². The summed E-state index contributed by atoms with van der Waals surface area (Å²) >= 11 is 1.60. The second-order valence-corrected chi connectivity index (χ2v) is 12.5. The van der Waals surface area contributed by atoms with Gasteiger partial charge in [0.1, 0.15) is 0 Å². The van der Waals surface area contributed by atoms with E-state index in [1.807, 2.05) is 54.8 Å². The summed E-state index contributed by atoms with van der Waals surface area (Å²) in [7, 11) is -4.61. The molecule has 0 aliphatic rings. The Bertz CT molecular complexity index is 1190. The lowest BCUT2D eigenvalue weighted by Gasteiger charge is -2.28. The number of rotatable bonds is 9. The van der Waals surface area contributed by atoms with Crippen molar-refractivity contribution in [3.63, 3.8) is 0 Å². The zero-order valence-electron chi connectivity index (χ0n) is 17.7. The SMILES string of the molecule is CC(Cc1cccs1)N(Cc1ccccc1)S(=O)(=O)c1ccc(S(=O)(=O)N(C)C)cc1. The van der Waals surface area contributed by atoms with Crippen LogP contribution in [0.25, 0.3) is 0 Å². The molecule has 0 saturated heterocycles. The minimum absolute atomic E-state index is 0.0534. The van der Waals surface area contributed by atoms with Gasteiger partial charge in [-0.25, -0.2) is 21.1 Å². The largest absolute Gasteiger partial charge is 0.243 e. The third-order valence-electron chi connectivity index (χ3n) is 4.96. The number of nitrogens with zero attached hydrogens (tertiary/aromatic N) is 2. The molecule has 0 N–H and O–H groups in total. The number of sulfonamides is 2. The molecule has 2 aromatic carbocycles. The van der Waals surface area contributed by atoms with Gasteiger partial charge in [0.15, 0.2) is 0 Å². The molecule has 0 fully saturated rings. The van der Waals surface area contributed by atoms with Gasteiger partial charge < -0.3 is 0 Å². The normalized spacial score (nSPS) is 13.6. The van der Waals surface area contributed by atoms with Gasteiger partial charge in [-0.05, 0) is 54.6 Å². The Labute approximate surface area is 188 Å². The Hall–Kier alpha value is -2.04. The van der Waals surface area contributed by atoms with Crippen LogP contribution < -0.4 is 0 Å². The van der Waals surface area contributed by atoms with Crippen molar-refractivity contribution in [2.75, 3.05) is 14.1 Å². The van der Waals surface area contributed by atoms with Crippen LogP contribution in [-0.4, -0.2) is 45.6 Å². The Kier molecular flexibility index (Phi) is 7.33. The third kappa shape index (κ3) is 5.42. The zero-order chi connectivity index (χ0) is 22.6. The smallest absolute Gasteiger partial charge is 0.207 e. The fraction of sp³-hybridized carbons (Fsp3) is 0.273. The highest BCUT2D eigenvalue weighted by molar-refractivity contribution is 7.89. The molecule has 166 valence electrons. The first kappa shape index (κ1) is 23.6. The summed E-state index contributed by atoms with van der Waals surface area (Å²) in [6.45, 7) is 2.12. The lowest BCUT2D eigenvalue weighted by atomic mass is 10.1. The predicted molar refractivity (Wildman–Crippen MR) is 124 cm³/mol. The summed E-state index contributed by atoms with van der Waals surface area (Å²) in [6, 6.07) is 18.5. The van der Waals surface area contributed by atoms with Crippen molar-refractivity contribution in [1.82, 2.24) is 8.61 Å². The molecule has 31 heavy (non-hydrogen) atoms. The Morgan fingerprint density at radius 1 is 0.806 bits per heavy atom. The fourth-order valence-electron chi connectivity index (χ4n) is 3.19. The first-order valence-corrected chi connectivity index (χ1v) is 13.5. The van der Waals surface area contributed by atoms with E-state index in [9.17, 15) is 16.8 Å². The Morgan fingerprint density at radius 3 is 1.90 bits per heavy atom. The molecular formula is C22H26N2O4S3. The first-order valence-electron chi connectivity index (χ1n) is 9.73. The van der Waals surface area contributed by atoms with Gasteiger partial charge in [0.05, 0.1) is 9.79 Å². The lowest BCUT2D eigenvalue weighted by molar-refractivity contribution is 0.329. The van der Waals surface area contributed by atoms with Crippen LogP contribution in [0.5, 0.6) is 0 Å². The van der Waals surface area contributed by atoms with E-state index in [0.717, 1.165) is 14.7 Å². The predicted octanol–water partition coefficient (Wildman–Crippen LogP) is 3.82. The summed E-state index contributed by atoms with van der Waals surface area (Å²) in [5.41, 5.74) is 0.885. The second-order valence-electron chi connectivity index (χ2n) is 7.43. The quantitative estimate of drug-likeness (QED) is 0.469. The molecule has 9 heteroatoms. The first-order chi connectivity index (χ1) is 14.6. The summed E-state index contributed by atoms with van der Waals surface area (Å²) in [5, 5.41) is 1.97. The standard InChI is InChI=1S/C22H26N2O4S3/c1-18(16-20-10-7-15-29-20)24(17-19-8-5-4-6-9-19)31(27,28)22-13-11-21(12-14-22)30(25,26)23(2)3/h4-15,18H,16-17H2,1-3H3. The van der Waals surface area contributed by atoms with E-state index in [-0.39, 0.29) is 22.4 Å². The van der Waals surface area contributed by atoms with Gasteiger partial charge in [-0.15, -0.1) is 11.3 Å². The Morgan fingerprint density at radius 2 is 1.39 bits per heavy atom. The van der Waals surface area contributed by atoms with Crippen LogP contribution in [-0.2, 0) is 33.0 Å². The minimum atomic E-state index is -3.85. The average molecular weight is 479 g/mol. The summed E-state index contributed by atoms with van der Waals surface area (Å²) < 4.78 is 54.4. The van der Waals surface area contributed by atoms with E-state index in [2.05, 4.69) is 0 Å². The molecule has 0 saturated carbocycles. The van der Waals surface area contributed by atoms with Crippen molar-refractivity contribution in [3.8, 4) is 0 Å². The van der Waals surface area contributed by atoms with E-state index in [1.54, 1.807) is 11.3 Å². The Balaban J connectivity index is 1.96. The summed E-state index contributed by atoms with van der Waals surface area (Å²) in [6.07, 6.45) is 0.594. The van der Waals surface area contributed by atoms with E-state index < -0.39 is 20.0 Å². The molecular weight excluding hydrogens is 452 g/mol. The van der Waals surface area contributed by atoms with E-state index in [4.69, 9.17) is 0 Å². The molecule has 0 aliphatic heterocycles. The van der Waals surface area contributed by atoms with Gasteiger partial charge >= 0.3 is 0 Å². The van der Waals surface area contributed by atoms with E-state index in [0.29, 0.717) is 6.42 Å². The maximum Gasteiger partial charge on any atom is 0.243 e.